The van der Waals surface area contributed by atoms with Crippen LogP contribution in [0.3, 0.4) is 0 Å². The lowest BCUT2D eigenvalue weighted by molar-refractivity contribution is -0.302. The minimum absolute atomic E-state index is 0.153. The Bertz CT molecular complexity index is 1100. The first-order valence-corrected chi connectivity index (χ1v) is 22.1. The standard InChI is InChI=1S/C47H81NO8/c1-3-5-7-9-11-13-15-16-17-18-19-20-21-22-23-24-25-26-27-29-31-33-35-37-43(51)48-40(39-55-47-46(54)45(53)44(52)42(38-49)56-47)41(50)36-34-32-30-28-14-12-10-8-6-4-2/h5,7,11,13,16-17,19-20,22-23,25-26,40-42,44-47,49-50,52-54H,3-4,6,8-10,12,14-15,18,21,24,27-39H2,1-2H3,(H,48,51)/b7-5-,13-11-,17-16-,20-19-,23-22-,26-25-. The molecule has 1 aliphatic rings. The number of hydrogen-bond donors (Lipinski definition) is 6. The van der Waals surface area contributed by atoms with Crippen LogP contribution in [0.4, 0.5) is 0 Å². The highest BCUT2D eigenvalue weighted by molar-refractivity contribution is 5.76. The number of unbranched alkanes of at least 4 members (excludes halogenated alkanes) is 13. The molecule has 1 aliphatic heterocycles. The maximum atomic E-state index is 12.9. The highest BCUT2D eigenvalue weighted by atomic mass is 16.7. The van der Waals surface area contributed by atoms with Gasteiger partial charge in [0.1, 0.15) is 24.4 Å². The van der Waals surface area contributed by atoms with Crippen LogP contribution in [0.15, 0.2) is 72.9 Å². The van der Waals surface area contributed by atoms with Gasteiger partial charge in [0.25, 0.3) is 0 Å². The van der Waals surface area contributed by atoms with Crippen molar-refractivity contribution in [3.63, 3.8) is 0 Å². The van der Waals surface area contributed by atoms with Crippen LogP contribution in [0.2, 0.25) is 0 Å². The second kappa shape index (κ2) is 36.9. The van der Waals surface area contributed by atoms with Gasteiger partial charge in [-0.05, 0) is 64.2 Å². The number of carbonyl (C=O) groups is 1. The van der Waals surface area contributed by atoms with E-state index >= 15 is 0 Å². The molecule has 1 amide bonds. The lowest BCUT2D eigenvalue weighted by Gasteiger charge is -2.40. The quantitative estimate of drug-likeness (QED) is 0.0276. The molecule has 0 bridgehead atoms. The summed E-state index contributed by atoms with van der Waals surface area (Å²) >= 11 is 0. The van der Waals surface area contributed by atoms with Crippen LogP contribution in [0, 0.1) is 0 Å². The Morgan fingerprint density at radius 1 is 0.625 bits per heavy atom. The van der Waals surface area contributed by atoms with Crippen molar-refractivity contribution in [1.29, 1.82) is 0 Å². The molecule has 9 heteroatoms. The first-order chi connectivity index (χ1) is 27.3. The van der Waals surface area contributed by atoms with E-state index in [1.807, 2.05) is 0 Å². The van der Waals surface area contributed by atoms with Gasteiger partial charge in [-0.3, -0.25) is 4.79 Å². The zero-order chi connectivity index (χ0) is 40.9. The molecule has 56 heavy (non-hydrogen) atoms. The Hall–Kier alpha value is -2.37. The molecular formula is C47H81NO8. The number of aliphatic hydroxyl groups excluding tert-OH is 5. The van der Waals surface area contributed by atoms with Gasteiger partial charge in [0.2, 0.25) is 5.91 Å². The van der Waals surface area contributed by atoms with Crippen molar-refractivity contribution >= 4 is 5.91 Å². The average molecular weight is 788 g/mol. The zero-order valence-electron chi connectivity index (χ0n) is 35.1. The number of amides is 1. The van der Waals surface area contributed by atoms with E-state index < -0.39 is 49.5 Å². The van der Waals surface area contributed by atoms with E-state index in [0.29, 0.717) is 12.8 Å². The highest BCUT2D eigenvalue weighted by Crippen LogP contribution is 2.23. The number of hydrogen-bond acceptors (Lipinski definition) is 8. The van der Waals surface area contributed by atoms with E-state index in [4.69, 9.17) is 9.47 Å². The minimum Gasteiger partial charge on any atom is -0.394 e. The third-order valence-electron chi connectivity index (χ3n) is 10.1. The van der Waals surface area contributed by atoms with Gasteiger partial charge in [-0.2, -0.15) is 0 Å². The van der Waals surface area contributed by atoms with Gasteiger partial charge < -0.3 is 40.3 Å². The molecule has 1 heterocycles. The summed E-state index contributed by atoms with van der Waals surface area (Å²) in [5.41, 5.74) is 0. The monoisotopic (exact) mass is 788 g/mol. The molecule has 7 atom stereocenters. The molecule has 0 saturated carbocycles. The summed E-state index contributed by atoms with van der Waals surface area (Å²) in [7, 11) is 0. The number of nitrogens with one attached hydrogen (secondary N) is 1. The third-order valence-corrected chi connectivity index (χ3v) is 10.1. The number of carbonyl (C=O) groups excluding carboxylic acids is 1. The van der Waals surface area contributed by atoms with Crippen LogP contribution in [0.1, 0.15) is 162 Å². The smallest absolute Gasteiger partial charge is 0.220 e. The fourth-order valence-electron chi connectivity index (χ4n) is 6.51. The number of allylic oxidation sites excluding steroid dienone is 12. The normalized spacial score (nSPS) is 21.9. The molecule has 6 N–H and O–H groups in total. The maximum absolute atomic E-state index is 12.9. The maximum Gasteiger partial charge on any atom is 0.220 e. The van der Waals surface area contributed by atoms with Gasteiger partial charge in [0.15, 0.2) is 6.29 Å². The van der Waals surface area contributed by atoms with Crippen LogP contribution in [0.5, 0.6) is 0 Å². The molecule has 0 aliphatic carbocycles. The Balaban J connectivity index is 2.33. The SMILES string of the molecule is CC/C=C\C/C=C\C/C=C\C/C=C\C/C=C\C/C=C\CCCCCCC(=O)NC(COC1OC(CO)C(O)C(O)C1O)C(O)CCCCCCCCCCCC. The first-order valence-electron chi connectivity index (χ1n) is 22.1. The van der Waals surface area contributed by atoms with Gasteiger partial charge >= 0.3 is 0 Å². The molecule has 1 saturated heterocycles. The summed E-state index contributed by atoms with van der Waals surface area (Å²) in [6.45, 7) is 3.66. The molecular weight excluding hydrogens is 707 g/mol. The lowest BCUT2D eigenvalue weighted by atomic mass is 9.99. The second-order valence-corrected chi connectivity index (χ2v) is 15.1. The van der Waals surface area contributed by atoms with E-state index in [-0.39, 0.29) is 12.5 Å². The Kier molecular flexibility index (Phi) is 34.1. The summed E-state index contributed by atoms with van der Waals surface area (Å²) in [6.07, 6.45) is 41.9. The highest BCUT2D eigenvalue weighted by Gasteiger charge is 2.44. The second-order valence-electron chi connectivity index (χ2n) is 15.1. The van der Waals surface area contributed by atoms with E-state index in [9.17, 15) is 30.3 Å². The molecule has 9 nitrogen and oxygen atoms in total. The van der Waals surface area contributed by atoms with Crippen molar-refractivity contribution in [3.8, 4) is 0 Å². The molecule has 7 unspecified atom stereocenters. The van der Waals surface area contributed by atoms with Crippen LogP contribution in [-0.4, -0.2) is 87.5 Å². The van der Waals surface area contributed by atoms with E-state index in [1.54, 1.807) is 0 Å². The molecule has 0 spiro atoms. The number of ether oxygens (including phenoxy) is 2. The predicted octanol–water partition coefficient (Wildman–Crippen LogP) is 9.00. The molecule has 0 aromatic rings. The van der Waals surface area contributed by atoms with E-state index in [2.05, 4.69) is 92.1 Å². The van der Waals surface area contributed by atoms with Crippen LogP contribution in [0.25, 0.3) is 0 Å². The van der Waals surface area contributed by atoms with Crippen molar-refractivity contribution < 1.29 is 39.8 Å². The fraction of sp³-hybridized carbons (Fsp3) is 0.723. The summed E-state index contributed by atoms with van der Waals surface area (Å²) in [4.78, 5) is 12.9. The molecule has 0 aromatic carbocycles. The van der Waals surface area contributed by atoms with E-state index in [1.165, 1.54) is 44.9 Å². The van der Waals surface area contributed by atoms with Crippen molar-refractivity contribution in [2.45, 2.75) is 204 Å². The average Bonchev–Trinajstić information content (AvgIpc) is 3.20. The lowest BCUT2D eigenvalue weighted by Crippen LogP contribution is -2.60. The molecule has 1 rings (SSSR count). The predicted molar refractivity (Wildman–Crippen MR) is 230 cm³/mol. The van der Waals surface area contributed by atoms with Crippen LogP contribution in [-0.2, 0) is 14.3 Å². The van der Waals surface area contributed by atoms with E-state index in [0.717, 1.165) is 89.9 Å². The Labute approximate surface area is 340 Å². The zero-order valence-corrected chi connectivity index (χ0v) is 35.1. The Morgan fingerprint density at radius 2 is 1.11 bits per heavy atom. The van der Waals surface area contributed by atoms with Gasteiger partial charge in [0, 0.05) is 6.42 Å². The topological polar surface area (TPSA) is 149 Å². The van der Waals surface area contributed by atoms with Crippen LogP contribution < -0.4 is 5.32 Å². The van der Waals surface area contributed by atoms with Gasteiger partial charge in [-0.15, -0.1) is 0 Å². The minimum atomic E-state index is -1.56. The van der Waals surface area contributed by atoms with Crippen molar-refractivity contribution in [2.24, 2.45) is 0 Å². The molecule has 322 valence electrons. The molecule has 0 aromatic heterocycles. The molecule has 0 radical (unpaired) electrons. The van der Waals surface area contributed by atoms with Gasteiger partial charge in [-0.25, -0.2) is 0 Å². The Morgan fingerprint density at radius 3 is 1.64 bits per heavy atom. The van der Waals surface area contributed by atoms with Crippen molar-refractivity contribution in [1.82, 2.24) is 5.32 Å². The van der Waals surface area contributed by atoms with Crippen LogP contribution >= 0.6 is 0 Å². The summed E-state index contributed by atoms with van der Waals surface area (Å²) in [5, 5.41) is 54.2. The van der Waals surface area contributed by atoms with Gasteiger partial charge in [0.05, 0.1) is 25.4 Å². The third kappa shape index (κ3) is 27.3. The van der Waals surface area contributed by atoms with Crippen molar-refractivity contribution in [3.05, 3.63) is 72.9 Å². The largest absolute Gasteiger partial charge is 0.394 e. The summed E-state index contributed by atoms with van der Waals surface area (Å²) < 4.78 is 11.2. The number of aliphatic hydroxyl groups is 5. The summed E-state index contributed by atoms with van der Waals surface area (Å²) in [6, 6.07) is -0.735. The summed E-state index contributed by atoms with van der Waals surface area (Å²) in [5.74, 6) is -0.175. The molecule has 1 fully saturated rings. The number of rotatable bonds is 35. The first kappa shape index (κ1) is 51.6. The van der Waals surface area contributed by atoms with Crippen molar-refractivity contribution in [2.75, 3.05) is 13.2 Å². The van der Waals surface area contributed by atoms with Gasteiger partial charge in [-0.1, -0.05) is 164 Å². The fourth-order valence-corrected chi connectivity index (χ4v) is 6.51.